The van der Waals surface area contributed by atoms with Gasteiger partial charge in [-0.3, -0.25) is 4.55 Å². The lowest BCUT2D eigenvalue weighted by atomic mass is 10.1. The lowest BCUT2D eigenvalue weighted by Crippen LogP contribution is -2.15. The SMILES string of the molecule is O=C(O)c1ccccc1C(=O)OS(=O)(=O)O. The zero-order chi connectivity index (χ0) is 12.3. The number of rotatable bonds is 3. The van der Waals surface area contributed by atoms with Gasteiger partial charge in [0, 0.05) is 0 Å². The average Bonchev–Trinajstić information content (AvgIpc) is 2.15. The maximum absolute atomic E-state index is 11.2. The van der Waals surface area contributed by atoms with Crippen molar-refractivity contribution < 1.29 is 31.8 Å². The fourth-order valence-corrected chi connectivity index (χ4v) is 1.27. The zero-order valence-electron chi connectivity index (χ0n) is 7.65. The highest BCUT2D eigenvalue weighted by Gasteiger charge is 2.21. The van der Waals surface area contributed by atoms with E-state index >= 15 is 0 Å². The summed E-state index contributed by atoms with van der Waals surface area (Å²) < 4.78 is 32.4. The summed E-state index contributed by atoms with van der Waals surface area (Å²) in [5, 5.41) is 8.69. The molecule has 0 unspecified atom stereocenters. The molecule has 0 amide bonds. The fraction of sp³-hybridized carbons (Fsp3) is 0. The van der Waals surface area contributed by atoms with E-state index in [0.29, 0.717) is 0 Å². The highest BCUT2D eigenvalue weighted by atomic mass is 32.3. The molecule has 1 aromatic rings. The van der Waals surface area contributed by atoms with Gasteiger partial charge in [-0.2, -0.15) is 8.42 Å². The Morgan fingerprint density at radius 1 is 1.12 bits per heavy atom. The monoisotopic (exact) mass is 246 g/mol. The molecule has 0 heterocycles. The van der Waals surface area contributed by atoms with E-state index < -0.39 is 33.5 Å². The van der Waals surface area contributed by atoms with Crippen LogP contribution in [0.4, 0.5) is 0 Å². The molecule has 0 saturated carbocycles. The molecular formula is C8H6O7S. The molecule has 0 aromatic heterocycles. The predicted molar refractivity (Wildman–Crippen MR) is 50.4 cm³/mol. The Morgan fingerprint density at radius 3 is 2.06 bits per heavy atom. The van der Waals surface area contributed by atoms with Crippen molar-refractivity contribution in [3.05, 3.63) is 35.4 Å². The van der Waals surface area contributed by atoms with Crippen LogP contribution in [0.2, 0.25) is 0 Å². The van der Waals surface area contributed by atoms with Gasteiger partial charge in [0.15, 0.2) is 0 Å². The lowest BCUT2D eigenvalue weighted by molar-refractivity contribution is 0.0664. The summed E-state index contributed by atoms with van der Waals surface area (Å²) in [6.45, 7) is 0. The van der Waals surface area contributed by atoms with Crippen LogP contribution in [0.25, 0.3) is 0 Å². The normalized spacial score (nSPS) is 10.8. The van der Waals surface area contributed by atoms with Crippen molar-refractivity contribution >= 4 is 22.3 Å². The topological polar surface area (TPSA) is 118 Å². The number of carboxylic acids is 1. The first kappa shape index (κ1) is 12.1. The minimum absolute atomic E-state index is 0.420. The molecular weight excluding hydrogens is 240 g/mol. The highest BCUT2D eigenvalue weighted by molar-refractivity contribution is 7.81. The number of carbonyl (C=O) groups is 2. The van der Waals surface area contributed by atoms with Gasteiger partial charge in [0.2, 0.25) is 0 Å². The van der Waals surface area contributed by atoms with E-state index in [9.17, 15) is 18.0 Å². The predicted octanol–water partition coefficient (Wildman–Crippen LogP) is 0.344. The maximum Gasteiger partial charge on any atom is 0.449 e. The van der Waals surface area contributed by atoms with Crippen molar-refractivity contribution in [1.82, 2.24) is 0 Å². The zero-order valence-corrected chi connectivity index (χ0v) is 8.47. The quantitative estimate of drug-likeness (QED) is 0.738. The van der Waals surface area contributed by atoms with E-state index in [0.717, 1.165) is 12.1 Å². The Kier molecular flexibility index (Phi) is 3.25. The summed E-state index contributed by atoms with van der Waals surface area (Å²) in [7, 11) is -4.96. The molecule has 7 nitrogen and oxygen atoms in total. The van der Waals surface area contributed by atoms with Crippen molar-refractivity contribution in [2.45, 2.75) is 0 Å². The van der Waals surface area contributed by atoms with Crippen LogP contribution in [-0.4, -0.2) is 30.0 Å². The summed E-state index contributed by atoms with van der Waals surface area (Å²) in [6.07, 6.45) is 0. The smallest absolute Gasteiger partial charge is 0.449 e. The van der Waals surface area contributed by atoms with Crippen LogP contribution in [0.5, 0.6) is 0 Å². The van der Waals surface area contributed by atoms with Crippen molar-refractivity contribution in [2.24, 2.45) is 0 Å². The molecule has 8 heteroatoms. The summed E-state index contributed by atoms with van der Waals surface area (Å²) in [6, 6.07) is 4.85. The van der Waals surface area contributed by atoms with Gasteiger partial charge in [-0.1, -0.05) is 12.1 Å². The van der Waals surface area contributed by atoms with Crippen LogP contribution >= 0.6 is 0 Å². The molecule has 2 N–H and O–H groups in total. The van der Waals surface area contributed by atoms with Gasteiger partial charge in [-0.15, -0.1) is 0 Å². The van der Waals surface area contributed by atoms with Crippen molar-refractivity contribution in [1.29, 1.82) is 0 Å². The van der Waals surface area contributed by atoms with Gasteiger partial charge in [-0.25, -0.2) is 9.59 Å². The molecule has 0 saturated heterocycles. The number of hydrogen-bond donors (Lipinski definition) is 2. The number of carbonyl (C=O) groups excluding carboxylic acids is 1. The van der Waals surface area contributed by atoms with Crippen molar-refractivity contribution in [3.8, 4) is 0 Å². The molecule has 0 spiro atoms. The molecule has 1 rings (SSSR count). The van der Waals surface area contributed by atoms with Crippen LogP contribution in [-0.2, 0) is 14.6 Å². The molecule has 16 heavy (non-hydrogen) atoms. The van der Waals surface area contributed by atoms with E-state index in [1.54, 1.807) is 0 Å². The Labute approximate surface area is 90.2 Å². The number of carboxylic acid groups (broad SMARTS) is 1. The number of aromatic carboxylic acids is 1. The Bertz CT molecular complexity index is 531. The third kappa shape index (κ3) is 3.04. The van der Waals surface area contributed by atoms with Gasteiger partial charge < -0.3 is 9.29 Å². The summed E-state index contributed by atoms with van der Waals surface area (Å²) >= 11 is 0. The van der Waals surface area contributed by atoms with Gasteiger partial charge in [0.05, 0.1) is 11.1 Å². The molecule has 86 valence electrons. The van der Waals surface area contributed by atoms with Gasteiger partial charge >= 0.3 is 22.3 Å². The van der Waals surface area contributed by atoms with E-state index in [1.807, 2.05) is 0 Å². The fourth-order valence-electron chi connectivity index (χ4n) is 0.988. The van der Waals surface area contributed by atoms with Gasteiger partial charge in [0.1, 0.15) is 0 Å². The maximum atomic E-state index is 11.2. The van der Waals surface area contributed by atoms with Crippen LogP contribution in [0.15, 0.2) is 24.3 Å². The Morgan fingerprint density at radius 2 is 1.62 bits per heavy atom. The first-order valence-electron chi connectivity index (χ1n) is 3.85. The van der Waals surface area contributed by atoms with E-state index in [1.165, 1.54) is 12.1 Å². The van der Waals surface area contributed by atoms with Crippen molar-refractivity contribution in [3.63, 3.8) is 0 Å². The minimum atomic E-state index is -4.96. The Balaban J connectivity index is 3.14. The molecule has 0 aliphatic rings. The average molecular weight is 246 g/mol. The molecule has 0 bridgehead atoms. The molecule has 0 atom stereocenters. The number of hydrogen-bond acceptors (Lipinski definition) is 5. The largest absolute Gasteiger partial charge is 0.478 e. The second-order valence-electron chi connectivity index (χ2n) is 2.65. The standard InChI is InChI=1S/C8H6O7S/c9-7(10)5-3-1-2-4-6(5)8(11)15-16(12,13)14/h1-4H,(H,9,10)(H,12,13,14). The van der Waals surface area contributed by atoms with Crippen molar-refractivity contribution in [2.75, 3.05) is 0 Å². The summed E-state index contributed by atoms with van der Waals surface area (Å²) in [5.41, 5.74) is -0.885. The van der Waals surface area contributed by atoms with Gasteiger partial charge in [0.25, 0.3) is 0 Å². The summed E-state index contributed by atoms with van der Waals surface area (Å²) in [4.78, 5) is 21.8. The molecule has 0 aliphatic carbocycles. The van der Waals surface area contributed by atoms with Gasteiger partial charge in [-0.05, 0) is 12.1 Å². The first-order chi connectivity index (χ1) is 7.31. The van der Waals surface area contributed by atoms with Crippen LogP contribution < -0.4 is 0 Å². The molecule has 0 fully saturated rings. The van der Waals surface area contributed by atoms with E-state index in [-0.39, 0.29) is 0 Å². The molecule has 1 aromatic carbocycles. The Hall–Kier alpha value is -1.93. The van der Waals surface area contributed by atoms with Crippen LogP contribution in [0.1, 0.15) is 20.7 Å². The first-order valence-corrected chi connectivity index (χ1v) is 5.21. The molecule has 0 aliphatic heterocycles. The minimum Gasteiger partial charge on any atom is -0.478 e. The highest BCUT2D eigenvalue weighted by Crippen LogP contribution is 2.11. The number of benzene rings is 1. The third-order valence-corrected chi connectivity index (χ3v) is 1.92. The van der Waals surface area contributed by atoms with Crippen LogP contribution in [0.3, 0.4) is 0 Å². The van der Waals surface area contributed by atoms with E-state index in [2.05, 4.69) is 4.18 Å². The summed E-state index contributed by atoms with van der Waals surface area (Å²) in [5.74, 6) is -2.87. The second kappa shape index (κ2) is 4.29. The lowest BCUT2D eigenvalue weighted by Gasteiger charge is -2.03. The third-order valence-electron chi connectivity index (χ3n) is 1.56. The second-order valence-corrected chi connectivity index (χ2v) is 3.67. The molecule has 0 radical (unpaired) electrons. The van der Waals surface area contributed by atoms with Crippen LogP contribution in [0, 0.1) is 0 Å². The van der Waals surface area contributed by atoms with E-state index in [4.69, 9.17) is 9.66 Å².